The third kappa shape index (κ3) is 5.24. The number of hydrogen-bond acceptors (Lipinski definition) is 4. The van der Waals surface area contributed by atoms with Crippen LogP contribution < -0.4 is 10.9 Å². The van der Waals surface area contributed by atoms with Crippen molar-refractivity contribution in [1.82, 2.24) is 14.9 Å². The second-order valence-corrected chi connectivity index (χ2v) is 8.63. The van der Waals surface area contributed by atoms with Gasteiger partial charge in [0.1, 0.15) is 0 Å². The smallest absolute Gasteiger partial charge is 0.262 e. The molecule has 2 rings (SSSR count). The highest BCUT2D eigenvalue weighted by Crippen LogP contribution is 2.21. The van der Waals surface area contributed by atoms with Gasteiger partial charge in [0, 0.05) is 17.6 Å². The Morgan fingerprint density at radius 1 is 1.27 bits per heavy atom. The fourth-order valence-electron chi connectivity index (χ4n) is 2.40. The summed E-state index contributed by atoms with van der Waals surface area (Å²) in [4.78, 5) is 29.7. The lowest BCUT2D eigenvalue weighted by molar-refractivity contribution is -0.119. The second kappa shape index (κ2) is 8.91. The van der Waals surface area contributed by atoms with Gasteiger partial charge in [0.25, 0.3) is 5.56 Å². The summed E-state index contributed by atoms with van der Waals surface area (Å²) in [5, 5.41) is 4.59. The van der Waals surface area contributed by atoms with Crippen molar-refractivity contribution in [2.75, 3.05) is 5.75 Å². The van der Waals surface area contributed by atoms with Crippen LogP contribution in [0.3, 0.4) is 0 Å². The van der Waals surface area contributed by atoms with E-state index in [1.165, 1.54) is 11.8 Å². The Morgan fingerprint density at radius 3 is 2.58 bits per heavy atom. The van der Waals surface area contributed by atoms with Crippen molar-refractivity contribution in [2.45, 2.75) is 52.4 Å². The molecule has 1 heterocycles. The summed E-state index contributed by atoms with van der Waals surface area (Å²) < 4.78 is 1.66. The Bertz CT molecular complexity index is 849. The topological polar surface area (TPSA) is 64.0 Å². The average Bonchev–Trinajstić information content (AvgIpc) is 2.55. The first kappa shape index (κ1) is 20.8. The summed E-state index contributed by atoms with van der Waals surface area (Å²) in [5.41, 5.74) is 0.458. The van der Waals surface area contributed by atoms with E-state index >= 15 is 0 Å². The number of fused-ring (bicyclic) bond motifs is 1. The number of carbonyl (C=O) groups is 1. The quantitative estimate of drug-likeness (QED) is 0.569. The molecule has 0 aliphatic carbocycles. The predicted molar refractivity (Wildman–Crippen MR) is 109 cm³/mol. The lowest BCUT2D eigenvalue weighted by Gasteiger charge is -2.18. The maximum atomic E-state index is 12.9. The third-order valence-electron chi connectivity index (χ3n) is 4.15. The molecule has 1 atom stereocenters. The first-order valence-corrected chi connectivity index (χ1v) is 10.2. The van der Waals surface area contributed by atoms with Crippen molar-refractivity contribution in [3.63, 3.8) is 0 Å². The Labute approximate surface area is 163 Å². The lowest BCUT2D eigenvalue weighted by atomic mass is 10.1. The van der Waals surface area contributed by atoms with Crippen molar-refractivity contribution in [2.24, 2.45) is 11.8 Å². The number of hydrogen-bond donors (Lipinski definition) is 1. The zero-order valence-corrected chi connectivity index (χ0v) is 17.4. The molecule has 1 N–H and O–H groups in total. The van der Waals surface area contributed by atoms with Crippen LogP contribution in [0.25, 0.3) is 10.9 Å². The van der Waals surface area contributed by atoms with E-state index in [4.69, 9.17) is 11.6 Å². The number of carbonyl (C=O) groups excluding carboxylic acids is 1. The van der Waals surface area contributed by atoms with Gasteiger partial charge in [-0.25, -0.2) is 4.98 Å². The van der Waals surface area contributed by atoms with Crippen LogP contribution in [0.1, 0.15) is 34.6 Å². The molecular formula is C19H26ClN3O2S. The zero-order chi connectivity index (χ0) is 19.4. The van der Waals surface area contributed by atoms with Gasteiger partial charge >= 0.3 is 0 Å². The molecule has 0 spiro atoms. The van der Waals surface area contributed by atoms with Crippen LogP contribution in [-0.4, -0.2) is 27.3 Å². The average molecular weight is 396 g/mol. The van der Waals surface area contributed by atoms with Crippen LogP contribution in [0.5, 0.6) is 0 Å². The number of amides is 1. The molecule has 0 radical (unpaired) electrons. The van der Waals surface area contributed by atoms with E-state index in [1.54, 1.807) is 22.8 Å². The van der Waals surface area contributed by atoms with E-state index < -0.39 is 0 Å². The molecule has 0 saturated heterocycles. The monoisotopic (exact) mass is 395 g/mol. The molecular weight excluding hydrogens is 370 g/mol. The second-order valence-electron chi connectivity index (χ2n) is 7.25. The molecule has 26 heavy (non-hydrogen) atoms. The van der Waals surface area contributed by atoms with Crippen molar-refractivity contribution >= 4 is 40.2 Å². The fraction of sp³-hybridized carbons (Fsp3) is 0.526. The molecule has 0 unspecified atom stereocenters. The number of nitrogens with zero attached hydrogens (tertiary/aromatic N) is 2. The maximum Gasteiger partial charge on any atom is 0.262 e. The summed E-state index contributed by atoms with van der Waals surface area (Å²) in [5.74, 6) is 0.804. The van der Waals surface area contributed by atoms with Crippen LogP contribution in [0.15, 0.2) is 28.2 Å². The number of benzene rings is 1. The molecule has 0 fully saturated rings. The molecule has 0 saturated carbocycles. The van der Waals surface area contributed by atoms with Gasteiger partial charge in [-0.15, -0.1) is 0 Å². The minimum atomic E-state index is -0.0983. The summed E-state index contributed by atoms with van der Waals surface area (Å²) in [6, 6.07) is 5.18. The summed E-state index contributed by atoms with van der Waals surface area (Å²) in [6.45, 7) is 10.8. The summed E-state index contributed by atoms with van der Waals surface area (Å²) >= 11 is 7.32. The Balaban J connectivity index is 2.32. The summed E-state index contributed by atoms with van der Waals surface area (Å²) in [6.07, 6.45) is 0. The van der Waals surface area contributed by atoms with E-state index in [2.05, 4.69) is 24.1 Å². The predicted octanol–water partition coefficient (Wildman–Crippen LogP) is 3.96. The van der Waals surface area contributed by atoms with Gasteiger partial charge in [-0.1, -0.05) is 51.1 Å². The molecule has 142 valence electrons. The molecule has 1 amide bonds. The normalized spacial score (nSPS) is 12.8. The van der Waals surface area contributed by atoms with Crippen LogP contribution in [-0.2, 0) is 11.3 Å². The minimum absolute atomic E-state index is 0.0623. The minimum Gasteiger partial charge on any atom is -0.353 e. The van der Waals surface area contributed by atoms with Gasteiger partial charge < -0.3 is 5.32 Å². The number of thioether (sulfide) groups is 1. The Hall–Kier alpha value is -1.53. The van der Waals surface area contributed by atoms with Crippen LogP contribution >= 0.6 is 23.4 Å². The third-order valence-corrected chi connectivity index (χ3v) is 5.36. The molecule has 2 aromatic rings. The van der Waals surface area contributed by atoms with Crippen LogP contribution in [0.2, 0.25) is 5.02 Å². The lowest BCUT2D eigenvalue weighted by Crippen LogP contribution is -2.37. The standard InChI is InChI=1S/C19H26ClN3O2S/c1-11(2)9-23-18(25)15-7-6-14(20)8-16(15)22-19(23)26-10-17(24)21-13(5)12(3)4/h6-8,11-13H,9-10H2,1-5H3,(H,21,24)/t13-/m1/s1. The first-order chi connectivity index (χ1) is 12.2. The summed E-state index contributed by atoms with van der Waals surface area (Å²) in [7, 11) is 0. The highest BCUT2D eigenvalue weighted by atomic mass is 35.5. The van der Waals surface area contributed by atoms with Gasteiger partial charge in [-0.05, 0) is 37.0 Å². The van der Waals surface area contributed by atoms with E-state index in [-0.39, 0.29) is 29.2 Å². The molecule has 0 bridgehead atoms. The number of rotatable bonds is 7. The van der Waals surface area contributed by atoms with Gasteiger partial charge in [0.15, 0.2) is 5.16 Å². The van der Waals surface area contributed by atoms with E-state index in [0.29, 0.717) is 33.5 Å². The zero-order valence-electron chi connectivity index (χ0n) is 15.9. The van der Waals surface area contributed by atoms with E-state index in [9.17, 15) is 9.59 Å². The van der Waals surface area contributed by atoms with Gasteiger partial charge in [-0.2, -0.15) is 0 Å². The van der Waals surface area contributed by atoms with Crippen molar-refractivity contribution in [3.8, 4) is 0 Å². The maximum absolute atomic E-state index is 12.9. The van der Waals surface area contributed by atoms with Crippen LogP contribution in [0.4, 0.5) is 0 Å². The SMILES string of the molecule is CC(C)Cn1c(SCC(=O)N[C@H](C)C(C)C)nc2cc(Cl)ccc2c1=O. The van der Waals surface area contributed by atoms with Gasteiger partial charge in [0.2, 0.25) is 5.91 Å². The number of nitrogens with one attached hydrogen (secondary N) is 1. The van der Waals surface area contributed by atoms with E-state index in [1.807, 2.05) is 20.8 Å². The molecule has 7 heteroatoms. The highest BCUT2D eigenvalue weighted by molar-refractivity contribution is 7.99. The van der Waals surface area contributed by atoms with Gasteiger partial charge in [0.05, 0.1) is 16.7 Å². The molecule has 5 nitrogen and oxygen atoms in total. The Morgan fingerprint density at radius 2 is 1.96 bits per heavy atom. The molecule has 0 aliphatic rings. The van der Waals surface area contributed by atoms with E-state index in [0.717, 1.165) is 0 Å². The van der Waals surface area contributed by atoms with Crippen LogP contribution in [0, 0.1) is 11.8 Å². The molecule has 1 aromatic heterocycles. The highest BCUT2D eigenvalue weighted by Gasteiger charge is 2.16. The van der Waals surface area contributed by atoms with Crippen molar-refractivity contribution < 1.29 is 4.79 Å². The molecule has 0 aliphatic heterocycles. The Kier molecular flexibility index (Phi) is 7.12. The number of halogens is 1. The largest absolute Gasteiger partial charge is 0.353 e. The molecule has 1 aromatic carbocycles. The van der Waals surface area contributed by atoms with Crippen molar-refractivity contribution in [1.29, 1.82) is 0 Å². The number of aromatic nitrogens is 2. The fourth-order valence-corrected chi connectivity index (χ4v) is 3.39. The first-order valence-electron chi connectivity index (χ1n) is 8.81. The van der Waals surface area contributed by atoms with Gasteiger partial charge in [-0.3, -0.25) is 14.2 Å². The van der Waals surface area contributed by atoms with Crippen molar-refractivity contribution in [3.05, 3.63) is 33.6 Å².